The van der Waals surface area contributed by atoms with Crippen LogP contribution in [0.2, 0.25) is 0 Å². The van der Waals surface area contributed by atoms with E-state index in [1.807, 2.05) is 84.9 Å². The summed E-state index contributed by atoms with van der Waals surface area (Å²) in [6.07, 6.45) is 1.22. The molecular formula is C29H30N2O4. The van der Waals surface area contributed by atoms with Crippen molar-refractivity contribution in [1.29, 1.82) is 0 Å². The monoisotopic (exact) mass is 470 g/mol. The maximum Gasteiger partial charge on any atom is 0.329 e. The van der Waals surface area contributed by atoms with Crippen LogP contribution in [-0.4, -0.2) is 35.3 Å². The fourth-order valence-electron chi connectivity index (χ4n) is 4.61. The molecule has 3 aromatic carbocycles. The number of benzene rings is 3. The second-order valence-electron chi connectivity index (χ2n) is 9.00. The van der Waals surface area contributed by atoms with Gasteiger partial charge in [-0.25, -0.2) is 4.79 Å². The van der Waals surface area contributed by atoms with E-state index < -0.39 is 17.6 Å². The molecule has 6 heteroatoms. The summed E-state index contributed by atoms with van der Waals surface area (Å²) in [4.78, 5) is 40.7. The van der Waals surface area contributed by atoms with E-state index >= 15 is 0 Å². The van der Waals surface area contributed by atoms with Crippen LogP contribution in [0.25, 0.3) is 11.1 Å². The van der Waals surface area contributed by atoms with Crippen molar-refractivity contribution in [2.24, 2.45) is 0 Å². The average molecular weight is 471 g/mol. The van der Waals surface area contributed by atoms with Crippen LogP contribution in [0, 0.1) is 0 Å². The summed E-state index contributed by atoms with van der Waals surface area (Å²) in [6.45, 7) is 3.67. The summed E-state index contributed by atoms with van der Waals surface area (Å²) in [7, 11) is 0. The topological polar surface area (TPSA) is 75.7 Å². The molecule has 0 saturated carbocycles. The van der Waals surface area contributed by atoms with E-state index in [2.05, 4.69) is 5.32 Å². The van der Waals surface area contributed by atoms with Crippen molar-refractivity contribution in [3.05, 3.63) is 96.1 Å². The molecule has 1 saturated heterocycles. The van der Waals surface area contributed by atoms with E-state index in [9.17, 15) is 14.4 Å². The third kappa shape index (κ3) is 5.43. The van der Waals surface area contributed by atoms with Crippen molar-refractivity contribution in [3.63, 3.8) is 0 Å². The van der Waals surface area contributed by atoms with E-state index in [0.29, 0.717) is 24.9 Å². The maximum atomic E-state index is 13.9. The first-order valence-electron chi connectivity index (χ1n) is 11.8. The van der Waals surface area contributed by atoms with Crippen LogP contribution >= 0.6 is 0 Å². The molecule has 0 bridgehead atoms. The minimum absolute atomic E-state index is 0.153. The van der Waals surface area contributed by atoms with Crippen molar-refractivity contribution in [2.45, 2.75) is 44.9 Å². The smallest absolute Gasteiger partial charge is 0.329 e. The third-order valence-corrected chi connectivity index (χ3v) is 6.41. The molecule has 1 heterocycles. The lowest BCUT2D eigenvalue weighted by molar-refractivity contribution is -0.156. The second-order valence-corrected chi connectivity index (χ2v) is 9.00. The van der Waals surface area contributed by atoms with Gasteiger partial charge in [0.05, 0.1) is 0 Å². The van der Waals surface area contributed by atoms with Crippen molar-refractivity contribution in [1.82, 2.24) is 10.2 Å². The van der Waals surface area contributed by atoms with Gasteiger partial charge in [0.15, 0.2) is 0 Å². The predicted octanol–water partition coefficient (Wildman–Crippen LogP) is 4.44. The van der Waals surface area contributed by atoms with Gasteiger partial charge in [0, 0.05) is 13.5 Å². The van der Waals surface area contributed by atoms with Crippen LogP contribution in [-0.2, 0) is 31.3 Å². The highest BCUT2D eigenvalue weighted by atomic mass is 16.5. The molecule has 180 valence electrons. The highest BCUT2D eigenvalue weighted by Crippen LogP contribution is 2.31. The molecule has 0 aliphatic carbocycles. The molecule has 2 atom stereocenters. The Balaban J connectivity index is 1.59. The summed E-state index contributed by atoms with van der Waals surface area (Å²) < 4.78 is 5.55. The molecule has 0 unspecified atom stereocenters. The molecular weight excluding hydrogens is 440 g/mol. The van der Waals surface area contributed by atoms with Crippen LogP contribution in [0.5, 0.6) is 0 Å². The normalized spacial score (nSPS) is 16.9. The highest BCUT2D eigenvalue weighted by molar-refractivity contribution is 5.95. The number of esters is 1. The van der Waals surface area contributed by atoms with E-state index in [1.165, 1.54) is 6.92 Å². The maximum absolute atomic E-state index is 13.9. The fraction of sp³-hybridized carbons (Fsp3) is 0.276. The van der Waals surface area contributed by atoms with Crippen LogP contribution < -0.4 is 5.32 Å². The van der Waals surface area contributed by atoms with E-state index in [4.69, 9.17) is 4.74 Å². The van der Waals surface area contributed by atoms with Crippen molar-refractivity contribution >= 4 is 17.8 Å². The number of hydrogen-bond donors (Lipinski definition) is 1. The van der Waals surface area contributed by atoms with Crippen molar-refractivity contribution in [3.8, 4) is 11.1 Å². The number of hydrogen-bond acceptors (Lipinski definition) is 4. The molecule has 2 amide bonds. The van der Waals surface area contributed by atoms with Crippen LogP contribution in [0.4, 0.5) is 0 Å². The van der Waals surface area contributed by atoms with Gasteiger partial charge >= 0.3 is 5.97 Å². The molecule has 0 radical (unpaired) electrons. The van der Waals surface area contributed by atoms with Crippen LogP contribution in [0.15, 0.2) is 84.9 Å². The van der Waals surface area contributed by atoms with Gasteiger partial charge in [0.2, 0.25) is 5.91 Å². The van der Waals surface area contributed by atoms with Crippen LogP contribution in [0.3, 0.4) is 0 Å². The highest BCUT2D eigenvalue weighted by Gasteiger charge is 2.45. The van der Waals surface area contributed by atoms with Crippen molar-refractivity contribution in [2.75, 3.05) is 6.54 Å². The standard InChI is InChI=1S/C29H30N2O4/c1-21(32)30-29(2,25-16-9-15-24(19-25)23-13-7-4-8-14-23)28(34)31-18-10-17-26(31)27(33)35-20-22-11-5-3-6-12-22/h3-9,11-16,19,26H,10,17-18,20H2,1-2H3,(H,30,32)/t26-,29+/m0/s1. The van der Waals surface area contributed by atoms with Gasteiger partial charge < -0.3 is 15.0 Å². The first-order valence-corrected chi connectivity index (χ1v) is 11.8. The summed E-state index contributed by atoms with van der Waals surface area (Å²) in [6, 6.07) is 26.2. The molecule has 4 rings (SSSR count). The zero-order chi connectivity index (χ0) is 24.8. The average Bonchev–Trinajstić information content (AvgIpc) is 3.37. The lowest BCUT2D eigenvalue weighted by atomic mass is 9.87. The molecule has 1 N–H and O–H groups in total. The lowest BCUT2D eigenvalue weighted by Gasteiger charge is -2.36. The van der Waals surface area contributed by atoms with Gasteiger partial charge in [0.1, 0.15) is 18.2 Å². The number of carbonyl (C=O) groups is 3. The SMILES string of the molecule is CC(=O)N[C@@](C)(C(=O)N1CCC[C@H]1C(=O)OCc1ccccc1)c1cccc(-c2ccccc2)c1. The van der Waals surface area contributed by atoms with Gasteiger partial charge in [-0.1, -0.05) is 78.9 Å². The Morgan fingerprint density at radius 3 is 2.29 bits per heavy atom. The summed E-state index contributed by atoms with van der Waals surface area (Å²) in [5, 5.41) is 2.86. The molecule has 1 fully saturated rings. The van der Waals surface area contributed by atoms with Gasteiger partial charge in [-0.15, -0.1) is 0 Å². The largest absolute Gasteiger partial charge is 0.459 e. The number of amides is 2. The Bertz CT molecular complexity index is 1200. The molecule has 1 aliphatic rings. The summed E-state index contributed by atoms with van der Waals surface area (Å²) in [5.74, 6) is -1.08. The lowest BCUT2D eigenvalue weighted by Crippen LogP contribution is -2.57. The Labute approximate surface area is 205 Å². The fourth-order valence-corrected chi connectivity index (χ4v) is 4.61. The zero-order valence-corrected chi connectivity index (χ0v) is 20.1. The number of nitrogens with zero attached hydrogens (tertiary/aromatic N) is 1. The molecule has 35 heavy (non-hydrogen) atoms. The van der Waals surface area contributed by atoms with Gasteiger partial charge in [-0.3, -0.25) is 9.59 Å². The quantitative estimate of drug-likeness (QED) is 0.518. The minimum Gasteiger partial charge on any atom is -0.459 e. The number of nitrogens with one attached hydrogen (secondary N) is 1. The Kier molecular flexibility index (Phi) is 7.30. The predicted molar refractivity (Wildman–Crippen MR) is 134 cm³/mol. The van der Waals surface area contributed by atoms with Gasteiger partial charge in [0.25, 0.3) is 5.91 Å². The number of rotatable bonds is 7. The number of likely N-dealkylation sites (tertiary alicyclic amines) is 1. The first-order chi connectivity index (χ1) is 16.9. The third-order valence-electron chi connectivity index (χ3n) is 6.41. The summed E-state index contributed by atoms with van der Waals surface area (Å²) in [5.41, 5.74) is 2.15. The van der Waals surface area contributed by atoms with E-state index in [1.54, 1.807) is 11.8 Å². The number of carbonyl (C=O) groups excluding carboxylic acids is 3. The Hall–Kier alpha value is -3.93. The van der Waals surface area contributed by atoms with E-state index in [0.717, 1.165) is 16.7 Å². The molecule has 1 aliphatic heterocycles. The second kappa shape index (κ2) is 10.6. The van der Waals surface area contributed by atoms with Crippen LogP contribution in [0.1, 0.15) is 37.8 Å². The molecule has 6 nitrogen and oxygen atoms in total. The summed E-state index contributed by atoms with van der Waals surface area (Å²) >= 11 is 0. The minimum atomic E-state index is -1.33. The van der Waals surface area contributed by atoms with Gasteiger partial charge in [-0.05, 0) is 48.1 Å². The van der Waals surface area contributed by atoms with Gasteiger partial charge in [-0.2, -0.15) is 0 Å². The van der Waals surface area contributed by atoms with Crippen molar-refractivity contribution < 1.29 is 19.1 Å². The zero-order valence-electron chi connectivity index (χ0n) is 20.1. The first kappa shape index (κ1) is 24.2. The number of ether oxygens (including phenoxy) is 1. The Morgan fingerprint density at radius 1 is 0.943 bits per heavy atom. The molecule has 0 spiro atoms. The molecule has 0 aromatic heterocycles. The Morgan fingerprint density at radius 2 is 1.60 bits per heavy atom. The van der Waals surface area contributed by atoms with E-state index in [-0.39, 0.29) is 18.4 Å². The molecule has 3 aromatic rings.